The van der Waals surface area contributed by atoms with E-state index in [0.29, 0.717) is 12.3 Å². The molecule has 0 saturated carbocycles. The van der Waals surface area contributed by atoms with Crippen LogP contribution in [0.4, 0.5) is 0 Å². The van der Waals surface area contributed by atoms with Gasteiger partial charge in [0, 0.05) is 18.3 Å². The Morgan fingerprint density at radius 1 is 1.67 bits per heavy atom. The maximum atomic E-state index is 11.0. The number of halogens is 1. The number of alkyl halides is 1. The van der Waals surface area contributed by atoms with Crippen molar-refractivity contribution < 1.29 is 4.79 Å². The first-order chi connectivity index (χ1) is 5.70. The minimum atomic E-state index is 0.139. The molecule has 0 aliphatic carbocycles. The van der Waals surface area contributed by atoms with Gasteiger partial charge in [0.25, 0.3) is 0 Å². The van der Waals surface area contributed by atoms with Crippen molar-refractivity contribution >= 4 is 33.6 Å². The molecule has 0 fully saturated rings. The largest absolute Gasteiger partial charge is 0.356 e. The van der Waals surface area contributed by atoms with E-state index in [1.165, 1.54) is 0 Å². The van der Waals surface area contributed by atoms with Crippen molar-refractivity contribution in [2.24, 2.45) is 5.92 Å². The third-order valence-electron chi connectivity index (χ3n) is 1.42. The number of hydrogen-bond acceptors (Lipinski definition) is 2. The predicted molar refractivity (Wildman–Crippen MR) is 59.0 cm³/mol. The fourth-order valence-electron chi connectivity index (χ4n) is 0.806. The number of thioether (sulfide) groups is 1. The van der Waals surface area contributed by atoms with Crippen LogP contribution >= 0.6 is 27.7 Å². The van der Waals surface area contributed by atoms with Gasteiger partial charge in [-0.05, 0) is 17.9 Å². The third kappa shape index (κ3) is 6.98. The number of carbonyl (C=O) groups excluding carboxylic acids is 1. The minimum absolute atomic E-state index is 0.139. The van der Waals surface area contributed by atoms with Gasteiger partial charge < -0.3 is 5.32 Å². The molecule has 0 aromatic heterocycles. The Morgan fingerprint density at radius 2 is 2.33 bits per heavy atom. The van der Waals surface area contributed by atoms with Crippen LogP contribution in [0.2, 0.25) is 0 Å². The summed E-state index contributed by atoms with van der Waals surface area (Å²) in [6, 6.07) is 0. The average molecular weight is 254 g/mol. The lowest BCUT2D eigenvalue weighted by atomic mass is 10.2. The Hall–Kier alpha value is 0.300. The van der Waals surface area contributed by atoms with E-state index >= 15 is 0 Å². The highest BCUT2D eigenvalue weighted by Crippen LogP contribution is 2.02. The Kier molecular flexibility index (Phi) is 8.12. The van der Waals surface area contributed by atoms with E-state index in [2.05, 4.69) is 34.4 Å². The van der Waals surface area contributed by atoms with Crippen molar-refractivity contribution in [2.75, 3.05) is 23.9 Å². The van der Waals surface area contributed by atoms with Crippen LogP contribution in [0.1, 0.15) is 13.3 Å². The second-order valence-corrected chi connectivity index (χ2v) is 4.51. The van der Waals surface area contributed by atoms with Gasteiger partial charge in [-0.3, -0.25) is 4.79 Å². The zero-order valence-corrected chi connectivity index (χ0v) is 10.0. The van der Waals surface area contributed by atoms with E-state index < -0.39 is 0 Å². The van der Waals surface area contributed by atoms with E-state index in [1.54, 1.807) is 0 Å². The first-order valence-electron chi connectivity index (χ1n) is 4.02. The first kappa shape index (κ1) is 12.3. The van der Waals surface area contributed by atoms with Crippen LogP contribution in [0.25, 0.3) is 0 Å². The summed E-state index contributed by atoms with van der Waals surface area (Å²) in [5.74, 6) is 1.81. The molecule has 0 aliphatic rings. The highest BCUT2D eigenvalue weighted by Gasteiger charge is 2.03. The maximum absolute atomic E-state index is 11.0. The van der Waals surface area contributed by atoms with Gasteiger partial charge in [0.15, 0.2) is 0 Å². The Bertz CT molecular complexity index is 132. The molecule has 1 N–H and O–H groups in total. The number of carbonyl (C=O) groups is 1. The highest BCUT2D eigenvalue weighted by molar-refractivity contribution is 9.09. The molecule has 0 saturated heterocycles. The van der Waals surface area contributed by atoms with Crippen molar-refractivity contribution in [3.8, 4) is 0 Å². The second-order valence-electron chi connectivity index (χ2n) is 2.80. The maximum Gasteiger partial charge on any atom is 0.220 e. The smallest absolute Gasteiger partial charge is 0.220 e. The molecular weight excluding hydrogens is 238 g/mol. The summed E-state index contributed by atoms with van der Waals surface area (Å²) in [5.41, 5.74) is 0. The molecular formula is C8H16BrNOS. The first-order valence-corrected chi connectivity index (χ1v) is 6.53. The van der Waals surface area contributed by atoms with Gasteiger partial charge in [0.05, 0.1) is 0 Å². The van der Waals surface area contributed by atoms with Crippen molar-refractivity contribution in [2.45, 2.75) is 13.3 Å². The average Bonchev–Trinajstić information content (AvgIpc) is 2.02. The van der Waals surface area contributed by atoms with E-state index in [4.69, 9.17) is 0 Å². The number of amides is 1. The van der Waals surface area contributed by atoms with E-state index in [0.717, 1.165) is 17.6 Å². The summed E-state index contributed by atoms with van der Waals surface area (Å²) >= 11 is 5.04. The standard InChI is InChI=1S/C8H16BrNOS/c1-7(6-12-2)5-10-8(11)3-4-9/h7H,3-6H2,1-2H3,(H,10,11). The number of rotatable bonds is 6. The van der Waals surface area contributed by atoms with Crippen LogP contribution in [-0.4, -0.2) is 29.8 Å². The van der Waals surface area contributed by atoms with Gasteiger partial charge in [-0.1, -0.05) is 22.9 Å². The van der Waals surface area contributed by atoms with Crippen molar-refractivity contribution in [1.29, 1.82) is 0 Å². The Balaban J connectivity index is 3.33. The molecule has 0 aliphatic heterocycles. The summed E-state index contributed by atoms with van der Waals surface area (Å²) < 4.78 is 0. The number of hydrogen-bond donors (Lipinski definition) is 1. The fraction of sp³-hybridized carbons (Fsp3) is 0.875. The monoisotopic (exact) mass is 253 g/mol. The minimum Gasteiger partial charge on any atom is -0.356 e. The van der Waals surface area contributed by atoms with Crippen molar-refractivity contribution in [1.82, 2.24) is 5.32 Å². The molecule has 0 radical (unpaired) electrons. The molecule has 12 heavy (non-hydrogen) atoms. The van der Waals surface area contributed by atoms with Gasteiger partial charge in [-0.25, -0.2) is 0 Å². The Labute approximate surface area is 87.0 Å². The molecule has 4 heteroatoms. The van der Waals surface area contributed by atoms with Gasteiger partial charge in [-0.15, -0.1) is 0 Å². The van der Waals surface area contributed by atoms with Crippen molar-refractivity contribution in [3.63, 3.8) is 0 Å². The normalized spacial score (nSPS) is 12.6. The SMILES string of the molecule is CSCC(C)CNC(=O)CCBr. The molecule has 2 nitrogen and oxygen atoms in total. The van der Waals surface area contributed by atoms with E-state index in [-0.39, 0.29) is 5.91 Å². The molecule has 1 unspecified atom stereocenters. The van der Waals surface area contributed by atoms with Gasteiger partial charge in [-0.2, -0.15) is 11.8 Å². The van der Waals surface area contributed by atoms with Crippen molar-refractivity contribution in [3.05, 3.63) is 0 Å². The van der Waals surface area contributed by atoms with Gasteiger partial charge >= 0.3 is 0 Å². The third-order valence-corrected chi connectivity index (χ3v) is 2.72. The summed E-state index contributed by atoms with van der Waals surface area (Å²) in [6.07, 6.45) is 2.66. The quantitative estimate of drug-likeness (QED) is 0.733. The van der Waals surface area contributed by atoms with Gasteiger partial charge in [0.1, 0.15) is 0 Å². The zero-order chi connectivity index (χ0) is 9.40. The molecule has 0 aromatic carbocycles. The molecule has 0 bridgehead atoms. The summed E-state index contributed by atoms with van der Waals surface area (Å²) in [6.45, 7) is 2.94. The molecule has 0 heterocycles. The van der Waals surface area contributed by atoms with Crippen LogP contribution in [0.5, 0.6) is 0 Å². The Morgan fingerprint density at radius 3 is 2.83 bits per heavy atom. The summed E-state index contributed by atoms with van der Waals surface area (Å²) in [4.78, 5) is 11.0. The summed E-state index contributed by atoms with van der Waals surface area (Å²) in [5, 5.41) is 3.63. The lowest BCUT2D eigenvalue weighted by Gasteiger charge is -2.10. The van der Waals surface area contributed by atoms with Gasteiger partial charge in [0.2, 0.25) is 5.91 Å². The molecule has 1 amide bonds. The van der Waals surface area contributed by atoms with Crippen LogP contribution in [0, 0.1) is 5.92 Å². The fourth-order valence-corrected chi connectivity index (χ4v) is 1.85. The van der Waals surface area contributed by atoms with Crippen LogP contribution in [0.3, 0.4) is 0 Å². The van der Waals surface area contributed by atoms with E-state index in [1.807, 2.05) is 11.8 Å². The molecule has 1 atom stereocenters. The van der Waals surface area contributed by atoms with Crippen LogP contribution in [0.15, 0.2) is 0 Å². The zero-order valence-electron chi connectivity index (χ0n) is 7.60. The van der Waals surface area contributed by atoms with Crippen LogP contribution < -0.4 is 5.32 Å². The van der Waals surface area contributed by atoms with E-state index in [9.17, 15) is 4.79 Å². The molecule has 0 spiro atoms. The highest BCUT2D eigenvalue weighted by atomic mass is 79.9. The number of nitrogens with one attached hydrogen (secondary N) is 1. The lowest BCUT2D eigenvalue weighted by Crippen LogP contribution is -2.29. The second kappa shape index (κ2) is 7.92. The topological polar surface area (TPSA) is 29.1 Å². The lowest BCUT2D eigenvalue weighted by molar-refractivity contribution is -0.120. The summed E-state index contributed by atoms with van der Waals surface area (Å²) in [7, 11) is 0. The predicted octanol–water partition coefficient (Wildman–Crippen LogP) is 1.89. The molecule has 72 valence electrons. The molecule has 0 rings (SSSR count). The van der Waals surface area contributed by atoms with Crippen LogP contribution in [-0.2, 0) is 4.79 Å². The molecule has 0 aromatic rings.